The summed E-state index contributed by atoms with van der Waals surface area (Å²) in [5.74, 6) is 0. The van der Waals surface area contributed by atoms with Gasteiger partial charge < -0.3 is 0 Å². The highest BCUT2D eigenvalue weighted by atomic mass is 32.2. The van der Waals surface area contributed by atoms with Crippen LogP contribution in [0.1, 0.15) is 24.0 Å². The van der Waals surface area contributed by atoms with E-state index in [1.165, 1.54) is 6.07 Å². The highest BCUT2D eigenvalue weighted by Gasteiger charge is 2.22. The molecule has 0 heterocycles. The second-order valence-corrected chi connectivity index (χ2v) is 6.04. The van der Waals surface area contributed by atoms with Crippen LogP contribution in [-0.2, 0) is 10.0 Å². The van der Waals surface area contributed by atoms with E-state index < -0.39 is 10.0 Å². The van der Waals surface area contributed by atoms with Crippen LogP contribution in [0.3, 0.4) is 0 Å². The minimum Gasteiger partial charge on any atom is -0.207 e. The molecule has 18 heavy (non-hydrogen) atoms. The summed E-state index contributed by atoms with van der Waals surface area (Å²) in [5.41, 5.74) is 0.998. The summed E-state index contributed by atoms with van der Waals surface area (Å²) in [6.07, 6.45) is 5.37. The molecule has 0 atom stereocenters. The molecule has 0 aliphatic heterocycles. The van der Waals surface area contributed by atoms with Crippen LogP contribution >= 0.6 is 0 Å². The standard InChI is InChI=1S/C13H14N2O2S/c1-10-6-7-11(9-14)8-13(10)18(16,17)15-12-4-2-3-5-12/h2-3,6-8,12,15H,4-5H2,1H3. The van der Waals surface area contributed by atoms with Crippen molar-refractivity contribution in [2.24, 2.45) is 0 Å². The maximum Gasteiger partial charge on any atom is 0.241 e. The smallest absolute Gasteiger partial charge is 0.207 e. The number of nitrogens with zero attached hydrogens (tertiary/aromatic N) is 1. The van der Waals surface area contributed by atoms with Gasteiger partial charge in [-0.25, -0.2) is 13.1 Å². The normalized spacial score (nSPS) is 15.8. The van der Waals surface area contributed by atoms with Crippen LogP contribution in [0, 0.1) is 18.3 Å². The Hall–Kier alpha value is -1.64. The van der Waals surface area contributed by atoms with Crippen molar-refractivity contribution in [3.8, 4) is 6.07 Å². The molecule has 4 nitrogen and oxygen atoms in total. The van der Waals surface area contributed by atoms with Crippen molar-refractivity contribution in [2.45, 2.75) is 30.7 Å². The molecule has 0 fully saturated rings. The zero-order valence-corrected chi connectivity index (χ0v) is 10.9. The van der Waals surface area contributed by atoms with E-state index in [1.807, 2.05) is 18.2 Å². The molecule has 1 aromatic carbocycles. The predicted molar refractivity (Wildman–Crippen MR) is 68.4 cm³/mol. The predicted octanol–water partition coefficient (Wildman–Crippen LogP) is 1.86. The molecule has 2 rings (SSSR count). The first-order chi connectivity index (χ1) is 8.53. The fourth-order valence-corrected chi connectivity index (χ4v) is 3.49. The van der Waals surface area contributed by atoms with Crippen molar-refractivity contribution in [3.63, 3.8) is 0 Å². The summed E-state index contributed by atoms with van der Waals surface area (Å²) in [6.45, 7) is 1.72. The summed E-state index contributed by atoms with van der Waals surface area (Å²) < 4.78 is 27.1. The average molecular weight is 262 g/mol. The molecule has 0 unspecified atom stereocenters. The van der Waals surface area contributed by atoms with Crippen LogP contribution in [0.2, 0.25) is 0 Å². The Bertz CT molecular complexity index is 619. The molecule has 94 valence electrons. The third-order valence-corrected chi connectivity index (χ3v) is 4.60. The summed E-state index contributed by atoms with van der Waals surface area (Å²) >= 11 is 0. The number of nitriles is 1. The highest BCUT2D eigenvalue weighted by Crippen LogP contribution is 2.19. The van der Waals surface area contributed by atoms with E-state index in [0.717, 1.165) is 12.8 Å². The van der Waals surface area contributed by atoms with Crippen molar-refractivity contribution >= 4 is 10.0 Å². The van der Waals surface area contributed by atoms with Gasteiger partial charge in [0.1, 0.15) is 0 Å². The minimum absolute atomic E-state index is 0.0693. The fourth-order valence-electron chi connectivity index (χ4n) is 1.96. The summed E-state index contributed by atoms with van der Waals surface area (Å²) in [7, 11) is -3.55. The minimum atomic E-state index is -3.55. The van der Waals surface area contributed by atoms with Gasteiger partial charge in [-0.05, 0) is 37.5 Å². The largest absolute Gasteiger partial charge is 0.241 e. The van der Waals surface area contributed by atoms with Crippen LogP contribution in [-0.4, -0.2) is 14.5 Å². The van der Waals surface area contributed by atoms with Gasteiger partial charge in [0.15, 0.2) is 0 Å². The van der Waals surface area contributed by atoms with Crippen molar-refractivity contribution in [1.82, 2.24) is 4.72 Å². The summed E-state index contributed by atoms with van der Waals surface area (Å²) in [5, 5.41) is 8.83. The Morgan fingerprint density at radius 3 is 2.61 bits per heavy atom. The van der Waals surface area contributed by atoms with Crippen LogP contribution in [0.4, 0.5) is 0 Å². The van der Waals surface area contributed by atoms with Crippen LogP contribution in [0.15, 0.2) is 35.2 Å². The molecule has 0 spiro atoms. The molecule has 1 aliphatic rings. The number of hydrogen-bond acceptors (Lipinski definition) is 3. The maximum absolute atomic E-state index is 12.2. The number of rotatable bonds is 3. The first-order valence-electron chi connectivity index (χ1n) is 5.71. The van der Waals surface area contributed by atoms with Gasteiger partial charge in [0, 0.05) is 6.04 Å². The quantitative estimate of drug-likeness (QED) is 0.845. The van der Waals surface area contributed by atoms with Crippen molar-refractivity contribution in [3.05, 3.63) is 41.5 Å². The number of hydrogen-bond donors (Lipinski definition) is 1. The molecule has 0 amide bonds. The topological polar surface area (TPSA) is 70.0 Å². The van der Waals surface area contributed by atoms with Crippen molar-refractivity contribution in [1.29, 1.82) is 5.26 Å². The van der Waals surface area contributed by atoms with Gasteiger partial charge in [-0.2, -0.15) is 5.26 Å². The van der Waals surface area contributed by atoms with Crippen molar-refractivity contribution < 1.29 is 8.42 Å². The first-order valence-corrected chi connectivity index (χ1v) is 7.19. The van der Waals surface area contributed by atoms with Crippen molar-refractivity contribution in [2.75, 3.05) is 0 Å². The van der Waals surface area contributed by atoms with Crippen LogP contribution in [0.25, 0.3) is 0 Å². The van der Waals surface area contributed by atoms with Gasteiger partial charge in [-0.3, -0.25) is 0 Å². The summed E-state index contributed by atoms with van der Waals surface area (Å²) in [4.78, 5) is 0.188. The van der Waals surface area contributed by atoms with E-state index in [2.05, 4.69) is 4.72 Å². The lowest BCUT2D eigenvalue weighted by atomic mass is 10.2. The Labute approximate surface area is 107 Å². The van der Waals surface area contributed by atoms with Gasteiger partial charge in [-0.15, -0.1) is 0 Å². The fraction of sp³-hybridized carbons (Fsp3) is 0.308. The number of benzene rings is 1. The van der Waals surface area contributed by atoms with Gasteiger partial charge in [0.2, 0.25) is 10.0 Å². The zero-order chi connectivity index (χ0) is 13.2. The number of aryl methyl sites for hydroxylation is 1. The van der Waals surface area contributed by atoms with Gasteiger partial charge >= 0.3 is 0 Å². The molecule has 1 aliphatic carbocycles. The number of nitrogens with one attached hydrogen (secondary N) is 1. The highest BCUT2D eigenvalue weighted by molar-refractivity contribution is 7.89. The first kappa shape index (κ1) is 12.8. The van der Waals surface area contributed by atoms with Gasteiger partial charge in [0.05, 0.1) is 16.5 Å². The lowest BCUT2D eigenvalue weighted by Crippen LogP contribution is -2.33. The molecule has 0 saturated heterocycles. The third-order valence-electron chi connectivity index (χ3n) is 2.94. The summed E-state index contributed by atoms with van der Waals surface area (Å²) in [6, 6.07) is 6.57. The maximum atomic E-state index is 12.2. The molecule has 5 heteroatoms. The molecule has 0 saturated carbocycles. The SMILES string of the molecule is Cc1ccc(C#N)cc1S(=O)(=O)NC1CC=CC1. The lowest BCUT2D eigenvalue weighted by Gasteiger charge is -2.14. The second kappa shape index (κ2) is 4.92. The van der Waals surface area contributed by atoms with Crippen LogP contribution < -0.4 is 4.72 Å². The molecule has 0 aromatic heterocycles. The Balaban J connectivity index is 2.32. The zero-order valence-electron chi connectivity index (χ0n) is 10.1. The molecular weight excluding hydrogens is 248 g/mol. The lowest BCUT2D eigenvalue weighted by molar-refractivity contribution is 0.557. The Morgan fingerprint density at radius 1 is 1.33 bits per heavy atom. The van der Waals surface area contributed by atoms with E-state index in [4.69, 9.17) is 5.26 Å². The van der Waals surface area contributed by atoms with E-state index in [9.17, 15) is 8.42 Å². The molecule has 0 radical (unpaired) electrons. The van der Waals surface area contributed by atoms with E-state index >= 15 is 0 Å². The van der Waals surface area contributed by atoms with Gasteiger partial charge in [0.25, 0.3) is 0 Å². The van der Waals surface area contributed by atoms with Gasteiger partial charge in [-0.1, -0.05) is 18.2 Å². The van der Waals surface area contributed by atoms with Crippen LogP contribution in [0.5, 0.6) is 0 Å². The van der Waals surface area contributed by atoms with E-state index in [0.29, 0.717) is 11.1 Å². The monoisotopic (exact) mass is 262 g/mol. The molecule has 1 aromatic rings. The van der Waals surface area contributed by atoms with E-state index in [-0.39, 0.29) is 10.9 Å². The molecular formula is C13H14N2O2S. The third kappa shape index (κ3) is 2.61. The average Bonchev–Trinajstić information content (AvgIpc) is 2.81. The molecule has 1 N–H and O–H groups in total. The second-order valence-electron chi connectivity index (χ2n) is 4.35. The molecule has 0 bridgehead atoms. The van der Waals surface area contributed by atoms with E-state index in [1.54, 1.807) is 19.1 Å². The Kier molecular flexibility index (Phi) is 3.50. The number of sulfonamides is 1. The Morgan fingerprint density at radius 2 is 2.00 bits per heavy atom.